The summed E-state index contributed by atoms with van der Waals surface area (Å²) in [5.41, 5.74) is 6.81. The summed E-state index contributed by atoms with van der Waals surface area (Å²) >= 11 is 0. The maximum atomic E-state index is 6.32. The van der Waals surface area contributed by atoms with Gasteiger partial charge in [0.2, 0.25) is 0 Å². The Morgan fingerprint density at radius 1 is 0.909 bits per heavy atom. The highest BCUT2D eigenvalue weighted by Crippen LogP contribution is 2.43. The summed E-state index contributed by atoms with van der Waals surface area (Å²) in [6, 6.07) is 8.53. The molecule has 0 fully saturated rings. The molecule has 0 saturated carbocycles. The van der Waals surface area contributed by atoms with E-state index in [0.717, 1.165) is 41.0 Å². The van der Waals surface area contributed by atoms with Crippen LogP contribution < -0.4 is 4.74 Å². The van der Waals surface area contributed by atoms with Gasteiger partial charge in [-0.05, 0) is 28.7 Å². The average molecular weight is 288 g/mol. The molecule has 1 heterocycles. The van der Waals surface area contributed by atoms with Crippen molar-refractivity contribution in [3.05, 3.63) is 77.4 Å². The fourth-order valence-corrected chi connectivity index (χ4v) is 3.09. The number of rotatable bonds is 4. The van der Waals surface area contributed by atoms with Crippen molar-refractivity contribution in [1.29, 1.82) is 0 Å². The number of hydrogen-bond acceptors (Lipinski definition) is 1. The van der Waals surface area contributed by atoms with Gasteiger partial charge in [0.1, 0.15) is 11.5 Å². The molecule has 0 unspecified atom stereocenters. The van der Waals surface area contributed by atoms with E-state index < -0.39 is 0 Å². The second kappa shape index (κ2) is 5.69. The molecule has 0 saturated heterocycles. The molecule has 0 atom stereocenters. The highest BCUT2D eigenvalue weighted by Gasteiger charge is 2.23. The minimum atomic E-state index is 0.869. The number of fused-ring (bicyclic) bond motifs is 2. The molecule has 0 bridgehead atoms. The summed E-state index contributed by atoms with van der Waals surface area (Å²) in [7, 11) is 0. The largest absolute Gasteiger partial charge is 0.455 e. The summed E-state index contributed by atoms with van der Waals surface area (Å²) in [5.74, 6) is 1.84. The van der Waals surface area contributed by atoms with Gasteiger partial charge in [-0.25, -0.2) is 0 Å². The van der Waals surface area contributed by atoms with Gasteiger partial charge in [-0.15, -0.1) is 0 Å². The zero-order valence-corrected chi connectivity index (χ0v) is 13.0. The third-order valence-electron chi connectivity index (χ3n) is 4.27. The monoisotopic (exact) mass is 288 g/mol. The summed E-state index contributed by atoms with van der Waals surface area (Å²) in [4.78, 5) is 0. The first-order valence-corrected chi connectivity index (χ1v) is 7.59. The Bertz CT molecular complexity index is 781. The molecule has 1 aliphatic rings. The smallest absolute Gasteiger partial charge is 0.138 e. The van der Waals surface area contributed by atoms with E-state index in [1.165, 1.54) is 16.7 Å². The van der Waals surface area contributed by atoms with Crippen molar-refractivity contribution in [3.8, 4) is 11.5 Å². The van der Waals surface area contributed by atoms with Crippen molar-refractivity contribution >= 4 is 18.2 Å². The molecule has 3 rings (SSSR count). The van der Waals surface area contributed by atoms with Crippen molar-refractivity contribution < 1.29 is 4.74 Å². The molecular weight excluding hydrogens is 268 g/mol. The topological polar surface area (TPSA) is 9.23 Å². The summed E-state index contributed by atoms with van der Waals surface area (Å²) in [5, 5.41) is 0. The second-order valence-corrected chi connectivity index (χ2v) is 5.43. The maximum absolute atomic E-state index is 6.32. The first-order chi connectivity index (χ1) is 10.7. The molecule has 0 amide bonds. The Hall–Kier alpha value is -2.54. The molecule has 0 aliphatic carbocycles. The number of ether oxygens (including phenoxy) is 1. The van der Waals surface area contributed by atoms with Crippen LogP contribution in [-0.4, -0.2) is 0 Å². The lowest BCUT2D eigenvalue weighted by Crippen LogP contribution is -2.08. The van der Waals surface area contributed by atoms with Crippen molar-refractivity contribution in [2.24, 2.45) is 0 Å². The summed E-state index contributed by atoms with van der Waals surface area (Å²) in [6.07, 6.45) is 7.42. The normalized spacial score (nSPS) is 11.9. The lowest BCUT2D eigenvalue weighted by atomic mass is 9.91. The fraction of sp³-hybridized carbons (Fsp3) is 0.143. The molecule has 0 aromatic heterocycles. The predicted molar refractivity (Wildman–Crippen MR) is 95.4 cm³/mol. The number of aryl methyl sites for hydroxylation is 1. The molecule has 2 aromatic rings. The van der Waals surface area contributed by atoms with Gasteiger partial charge in [0.25, 0.3) is 0 Å². The highest BCUT2D eigenvalue weighted by atomic mass is 16.5. The van der Waals surface area contributed by atoms with Gasteiger partial charge < -0.3 is 4.74 Å². The van der Waals surface area contributed by atoms with E-state index in [2.05, 4.69) is 50.9 Å². The van der Waals surface area contributed by atoms with Crippen LogP contribution in [0.5, 0.6) is 11.5 Å². The zero-order chi connectivity index (χ0) is 15.7. The Morgan fingerprint density at radius 2 is 1.55 bits per heavy atom. The van der Waals surface area contributed by atoms with Crippen molar-refractivity contribution in [3.63, 3.8) is 0 Å². The Morgan fingerprint density at radius 3 is 2.14 bits per heavy atom. The lowest BCUT2D eigenvalue weighted by Gasteiger charge is -2.25. The van der Waals surface area contributed by atoms with Crippen LogP contribution in [0, 0.1) is 0 Å². The first kappa shape index (κ1) is 14.4. The van der Waals surface area contributed by atoms with E-state index in [-0.39, 0.29) is 0 Å². The lowest BCUT2D eigenvalue weighted by molar-refractivity contribution is 0.457. The van der Waals surface area contributed by atoms with Gasteiger partial charge in [0.05, 0.1) is 0 Å². The van der Waals surface area contributed by atoms with Gasteiger partial charge in [-0.1, -0.05) is 69.2 Å². The maximum Gasteiger partial charge on any atom is 0.138 e. The average Bonchev–Trinajstić information content (AvgIpc) is 2.57. The molecule has 0 radical (unpaired) electrons. The van der Waals surface area contributed by atoms with Crippen LogP contribution in [0.1, 0.15) is 40.3 Å². The Labute approximate surface area is 132 Å². The Balaban J connectivity index is 2.21. The van der Waals surface area contributed by atoms with Crippen LogP contribution in [-0.2, 0) is 12.8 Å². The summed E-state index contributed by atoms with van der Waals surface area (Å²) < 4.78 is 6.32. The van der Waals surface area contributed by atoms with Crippen molar-refractivity contribution in [2.45, 2.75) is 19.8 Å². The van der Waals surface area contributed by atoms with E-state index >= 15 is 0 Å². The van der Waals surface area contributed by atoms with Crippen molar-refractivity contribution in [2.75, 3.05) is 0 Å². The van der Waals surface area contributed by atoms with Crippen LogP contribution in [0.2, 0.25) is 0 Å². The van der Waals surface area contributed by atoms with E-state index in [0.29, 0.717) is 0 Å². The van der Waals surface area contributed by atoms with Crippen molar-refractivity contribution in [1.82, 2.24) is 0 Å². The minimum Gasteiger partial charge on any atom is -0.455 e. The van der Waals surface area contributed by atoms with Crippen LogP contribution in [0.3, 0.4) is 0 Å². The molecule has 1 heteroatoms. The predicted octanol–water partition coefficient (Wildman–Crippen LogP) is 5.87. The van der Waals surface area contributed by atoms with E-state index in [1.807, 2.05) is 18.2 Å². The fourth-order valence-electron chi connectivity index (χ4n) is 3.09. The van der Waals surface area contributed by atoms with Gasteiger partial charge in [0.15, 0.2) is 0 Å². The van der Waals surface area contributed by atoms with Gasteiger partial charge in [-0.2, -0.15) is 0 Å². The van der Waals surface area contributed by atoms with Gasteiger partial charge >= 0.3 is 0 Å². The molecule has 0 N–H and O–H groups in total. The summed E-state index contributed by atoms with van der Waals surface area (Å²) in [6.45, 7) is 13.9. The third-order valence-corrected chi connectivity index (χ3v) is 4.27. The SMILES string of the molecule is C=Cc1ccc2c(c1C=C)Oc1c(ccc(CC)c1C=C)C2. The molecule has 1 aliphatic heterocycles. The second-order valence-electron chi connectivity index (χ2n) is 5.43. The van der Waals surface area contributed by atoms with E-state index in [1.54, 1.807) is 0 Å². The first-order valence-electron chi connectivity index (χ1n) is 7.59. The highest BCUT2D eigenvalue weighted by molar-refractivity contribution is 5.74. The number of benzene rings is 2. The van der Waals surface area contributed by atoms with Crippen LogP contribution >= 0.6 is 0 Å². The van der Waals surface area contributed by atoms with Gasteiger partial charge in [-0.3, -0.25) is 0 Å². The van der Waals surface area contributed by atoms with E-state index in [4.69, 9.17) is 4.74 Å². The molecular formula is C21H20O. The molecule has 0 spiro atoms. The quantitative estimate of drug-likeness (QED) is 0.583. The molecule has 110 valence electrons. The standard InChI is InChI=1S/C21H20O/c1-5-14-9-11-16-13-17-12-10-15(6-2)19(8-4)21(17)22-20(16)18(14)7-3/h5,7-12H,1,3-4,6,13H2,2H3. The van der Waals surface area contributed by atoms with Crippen LogP contribution in [0.25, 0.3) is 18.2 Å². The van der Waals surface area contributed by atoms with E-state index in [9.17, 15) is 0 Å². The van der Waals surface area contributed by atoms with Gasteiger partial charge in [0, 0.05) is 17.5 Å². The molecule has 22 heavy (non-hydrogen) atoms. The minimum absolute atomic E-state index is 0.869. The van der Waals surface area contributed by atoms with Crippen LogP contribution in [0.15, 0.2) is 44.0 Å². The Kier molecular flexibility index (Phi) is 3.72. The molecule has 1 nitrogen and oxygen atoms in total. The zero-order valence-electron chi connectivity index (χ0n) is 13.0. The number of hydrogen-bond donors (Lipinski definition) is 0. The third kappa shape index (κ3) is 2.10. The molecule has 2 aromatic carbocycles. The van der Waals surface area contributed by atoms with Crippen LogP contribution in [0.4, 0.5) is 0 Å².